The lowest BCUT2D eigenvalue weighted by Crippen LogP contribution is -2.13. The van der Waals surface area contributed by atoms with Gasteiger partial charge in [0.2, 0.25) is 10.0 Å². The van der Waals surface area contributed by atoms with E-state index in [1.165, 1.54) is 0 Å². The topological polar surface area (TPSA) is 121 Å². The van der Waals surface area contributed by atoms with E-state index < -0.39 is 21.6 Å². The highest BCUT2D eigenvalue weighted by molar-refractivity contribution is 7.89. The number of hydrogen-bond acceptors (Lipinski definition) is 3. The molecule has 1 rings (SSSR count). The monoisotopic (exact) mass is 215 g/mol. The summed E-state index contributed by atoms with van der Waals surface area (Å²) in [7, 11) is -3.92. The van der Waals surface area contributed by atoms with E-state index in [0.717, 1.165) is 18.2 Å². The van der Waals surface area contributed by atoms with E-state index >= 15 is 0 Å². The number of benzene rings is 1. The molecular formula is C7H7N2O4S. The lowest BCUT2D eigenvalue weighted by molar-refractivity contribution is 0.0697. The standard InChI is InChI=1S/C7H7N2O4S/c8-6-2-1-4(14(9,12)13)3-5(6)7(10)11/h1-3,8H,(H,10,11)(H2,9,12,13). The van der Waals surface area contributed by atoms with Gasteiger partial charge in [-0.15, -0.1) is 0 Å². The first-order valence-electron chi connectivity index (χ1n) is 3.44. The summed E-state index contributed by atoms with van der Waals surface area (Å²) in [5.41, 5.74) is 6.53. The van der Waals surface area contributed by atoms with Crippen LogP contribution in [0.3, 0.4) is 0 Å². The molecule has 0 unspecified atom stereocenters. The van der Waals surface area contributed by atoms with Gasteiger partial charge in [0.15, 0.2) is 0 Å². The summed E-state index contributed by atoms with van der Waals surface area (Å²) in [5.74, 6) is -1.36. The highest BCUT2D eigenvalue weighted by Crippen LogP contribution is 2.17. The maximum Gasteiger partial charge on any atom is 0.337 e. The van der Waals surface area contributed by atoms with Crippen LogP contribution >= 0.6 is 0 Å². The third-order valence-electron chi connectivity index (χ3n) is 1.55. The first-order valence-corrected chi connectivity index (χ1v) is 4.99. The Labute approximate surface area is 80.2 Å². The van der Waals surface area contributed by atoms with Crippen molar-refractivity contribution < 1.29 is 18.3 Å². The molecule has 0 fully saturated rings. The number of aromatic carboxylic acids is 1. The van der Waals surface area contributed by atoms with Crippen LogP contribution in [0.15, 0.2) is 23.1 Å². The van der Waals surface area contributed by atoms with Crippen LogP contribution < -0.4 is 10.9 Å². The second-order valence-corrected chi connectivity index (χ2v) is 4.12. The van der Waals surface area contributed by atoms with Crippen molar-refractivity contribution in [1.29, 1.82) is 0 Å². The van der Waals surface area contributed by atoms with Crippen molar-refractivity contribution in [3.05, 3.63) is 23.8 Å². The Morgan fingerprint density at radius 3 is 2.43 bits per heavy atom. The molecule has 0 aliphatic rings. The predicted molar refractivity (Wildman–Crippen MR) is 47.5 cm³/mol. The smallest absolute Gasteiger partial charge is 0.337 e. The summed E-state index contributed by atoms with van der Waals surface area (Å²) < 4.78 is 21.7. The number of carbonyl (C=O) groups is 1. The number of hydrogen-bond donors (Lipinski definition) is 2. The summed E-state index contributed by atoms with van der Waals surface area (Å²) in [5, 5.41) is 13.4. The number of rotatable bonds is 2. The Hall–Kier alpha value is -1.60. The van der Waals surface area contributed by atoms with Crippen molar-refractivity contribution in [3.8, 4) is 0 Å². The largest absolute Gasteiger partial charge is 0.478 e. The lowest BCUT2D eigenvalue weighted by Gasteiger charge is -2.02. The maximum atomic E-state index is 10.8. The molecule has 7 heteroatoms. The molecule has 4 N–H and O–H groups in total. The average molecular weight is 215 g/mol. The predicted octanol–water partition coefficient (Wildman–Crippen LogP) is -0.0534. The molecule has 0 spiro atoms. The van der Waals surface area contributed by atoms with E-state index in [0.29, 0.717) is 0 Å². The summed E-state index contributed by atoms with van der Waals surface area (Å²) in [6, 6.07) is 3.02. The summed E-state index contributed by atoms with van der Waals surface area (Å²) >= 11 is 0. The number of primary sulfonamides is 1. The highest BCUT2D eigenvalue weighted by atomic mass is 32.2. The Morgan fingerprint density at radius 1 is 1.43 bits per heavy atom. The minimum atomic E-state index is -3.92. The molecule has 0 aliphatic heterocycles. The highest BCUT2D eigenvalue weighted by Gasteiger charge is 2.14. The van der Waals surface area contributed by atoms with Gasteiger partial charge in [0.05, 0.1) is 16.1 Å². The fraction of sp³-hybridized carbons (Fsp3) is 0. The van der Waals surface area contributed by atoms with Gasteiger partial charge >= 0.3 is 5.97 Å². The molecular weight excluding hydrogens is 208 g/mol. The van der Waals surface area contributed by atoms with E-state index in [2.05, 4.69) is 0 Å². The molecule has 1 aromatic rings. The zero-order valence-electron chi connectivity index (χ0n) is 6.89. The molecule has 75 valence electrons. The number of nitrogens with two attached hydrogens (primary N) is 1. The minimum Gasteiger partial charge on any atom is -0.478 e. The molecule has 0 saturated heterocycles. The van der Waals surface area contributed by atoms with Gasteiger partial charge in [-0.3, -0.25) is 0 Å². The molecule has 0 amide bonds. The van der Waals surface area contributed by atoms with Crippen molar-refractivity contribution >= 4 is 21.7 Å². The normalized spacial score (nSPS) is 11.2. The van der Waals surface area contributed by atoms with Gasteiger partial charge in [-0.05, 0) is 18.2 Å². The van der Waals surface area contributed by atoms with Gasteiger partial charge in [0, 0.05) is 0 Å². The molecule has 1 radical (unpaired) electrons. The van der Waals surface area contributed by atoms with E-state index in [1.807, 2.05) is 0 Å². The molecule has 0 bridgehead atoms. The second-order valence-electron chi connectivity index (χ2n) is 2.56. The minimum absolute atomic E-state index is 0.259. The van der Waals surface area contributed by atoms with Crippen molar-refractivity contribution in [2.45, 2.75) is 4.90 Å². The van der Waals surface area contributed by atoms with Crippen molar-refractivity contribution in [1.82, 2.24) is 5.73 Å². The molecule has 0 saturated carbocycles. The van der Waals surface area contributed by atoms with Gasteiger partial charge in [0.25, 0.3) is 0 Å². The SMILES string of the molecule is [NH]c1ccc(S(N)(=O)=O)cc1C(=O)O. The van der Waals surface area contributed by atoms with Crippen LogP contribution in [0.2, 0.25) is 0 Å². The third kappa shape index (κ3) is 2.01. The van der Waals surface area contributed by atoms with Crippen molar-refractivity contribution in [3.63, 3.8) is 0 Å². The van der Waals surface area contributed by atoms with Gasteiger partial charge in [0.1, 0.15) is 0 Å². The third-order valence-corrected chi connectivity index (χ3v) is 2.46. The summed E-state index contributed by atoms with van der Waals surface area (Å²) in [4.78, 5) is 10.2. The average Bonchev–Trinajstić information content (AvgIpc) is 2.02. The van der Waals surface area contributed by atoms with Gasteiger partial charge in [-0.2, -0.15) is 0 Å². The van der Waals surface area contributed by atoms with E-state index in [9.17, 15) is 13.2 Å². The van der Waals surface area contributed by atoms with Crippen LogP contribution in [0.1, 0.15) is 10.4 Å². The van der Waals surface area contributed by atoms with Gasteiger partial charge in [-0.1, -0.05) is 0 Å². The number of carboxylic acid groups (broad SMARTS) is 1. The number of nitrogens with one attached hydrogen (secondary N) is 1. The van der Waals surface area contributed by atoms with Crippen LogP contribution in [0.25, 0.3) is 0 Å². The van der Waals surface area contributed by atoms with Crippen LogP contribution in [0.4, 0.5) is 5.69 Å². The van der Waals surface area contributed by atoms with Crippen molar-refractivity contribution in [2.75, 3.05) is 0 Å². The summed E-state index contributed by atoms with van der Waals surface area (Å²) in [6.45, 7) is 0. The van der Waals surface area contributed by atoms with Crippen molar-refractivity contribution in [2.24, 2.45) is 5.14 Å². The van der Waals surface area contributed by atoms with Crippen LogP contribution in [-0.4, -0.2) is 19.5 Å². The zero-order valence-corrected chi connectivity index (χ0v) is 7.71. The maximum absolute atomic E-state index is 10.8. The molecule has 1 aromatic carbocycles. The Morgan fingerprint density at radius 2 is 2.00 bits per heavy atom. The Kier molecular flexibility index (Phi) is 2.45. The molecule has 0 aliphatic carbocycles. The molecule has 0 atom stereocenters. The van der Waals surface area contributed by atoms with E-state index in [-0.39, 0.29) is 10.6 Å². The van der Waals surface area contributed by atoms with E-state index in [4.69, 9.17) is 16.0 Å². The number of sulfonamides is 1. The first-order chi connectivity index (χ1) is 6.32. The molecule has 0 heterocycles. The van der Waals surface area contributed by atoms with E-state index in [1.54, 1.807) is 0 Å². The van der Waals surface area contributed by atoms with Crippen LogP contribution in [0, 0.1) is 0 Å². The molecule has 6 nitrogen and oxygen atoms in total. The lowest BCUT2D eigenvalue weighted by atomic mass is 10.2. The summed E-state index contributed by atoms with van der Waals surface area (Å²) in [6.07, 6.45) is 0. The number of carboxylic acids is 1. The quantitative estimate of drug-likeness (QED) is 0.717. The van der Waals surface area contributed by atoms with Gasteiger partial charge < -0.3 is 10.8 Å². The van der Waals surface area contributed by atoms with Crippen LogP contribution in [-0.2, 0) is 10.0 Å². The molecule has 14 heavy (non-hydrogen) atoms. The first kappa shape index (κ1) is 10.5. The molecule has 0 aromatic heterocycles. The Balaban J connectivity index is 3.42. The second kappa shape index (κ2) is 3.28. The van der Waals surface area contributed by atoms with Gasteiger partial charge in [-0.25, -0.2) is 18.4 Å². The fourth-order valence-corrected chi connectivity index (χ4v) is 1.42. The zero-order chi connectivity index (χ0) is 10.9. The fourth-order valence-electron chi connectivity index (χ4n) is 0.877. The van der Waals surface area contributed by atoms with Crippen LogP contribution in [0.5, 0.6) is 0 Å². The Bertz CT molecular complexity index is 480.